The van der Waals surface area contributed by atoms with E-state index in [1.54, 1.807) is 0 Å². The Bertz CT molecular complexity index is 449. The highest BCUT2D eigenvalue weighted by Gasteiger charge is 2.24. The molecule has 1 aromatic carbocycles. The van der Waals surface area contributed by atoms with E-state index in [1.807, 2.05) is 11.3 Å². The molecular weight excluding hydrogens is 200 g/mol. The molecule has 0 N–H and O–H groups in total. The van der Waals surface area contributed by atoms with Crippen LogP contribution in [0.2, 0.25) is 0 Å². The highest BCUT2D eigenvalue weighted by atomic mass is 32.1. The second kappa shape index (κ2) is 3.97. The summed E-state index contributed by atoms with van der Waals surface area (Å²) in [4.78, 5) is 0. The number of fused-ring (bicyclic) bond motifs is 1. The van der Waals surface area contributed by atoms with E-state index in [0.717, 1.165) is 0 Å². The average Bonchev–Trinajstić information content (AvgIpc) is 2.72. The van der Waals surface area contributed by atoms with Crippen LogP contribution in [-0.2, 0) is 5.41 Å². The van der Waals surface area contributed by atoms with Crippen molar-refractivity contribution in [1.82, 2.24) is 0 Å². The third-order valence-corrected chi connectivity index (χ3v) is 4.66. The molecule has 0 amide bonds. The average molecular weight is 218 g/mol. The molecule has 0 radical (unpaired) electrons. The molecule has 15 heavy (non-hydrogen) atoms. The van der Waals surface area contributed by atoms with Crippen LogP contribution in [0.25, 0.3) is 10.1 Å². The van der Waals surface area contributed by atoms with E-state index in [2.05, 4.69) is 50.4 Å². The molecule has 0 aliphatic carbocycles. The molecule has 0 saturated heterocycles. The largest absolute Gasteiger partial charge is 0.144 e. The minimum atomic E-state index is 0.347. The van der Waals surface area contributed by atoms with Crippen molar-refractivity contribution in [2.75, 3.05) is 0 Å². The Morgan fingerprint density at radius 3 is 2.47 bits per heavy atom. The minimum Gasteiger partial charge on any atom is -0.144 e. The first-order chi connectivity index (χ1) is 7.21. The van der Waals surface area contributed by atoms with Gasteiger partial charge in [0, 0.05) is 4.70 Å². The van der Waals surface area contributed by atoms with Crippen LogP contribution < -0.4 is 0 Å². The zero-order valence-electron chi connectivity index (χ0n) is 9.71. The zero-order chi connectivity index (χ0) is 10.9. The first-order valence-corrected chi connectivity index (χ1v) is 6.56. The van der Waals surface area contributed by atoms with Gasteiger partial charge in [0.15, 0.2) is 0 Å². The van der Waals surface area contributed by atoms with Gasteiger partial charge in [-0.1, -0.05) is 39.0 Å². The molecule has 0 fully saturated rings. The second-order valence-corrected chi connectivity index (χ2v) is 5.32. The Labute approximate surface area is 95.9 Å². The predicted molar refractivity (Wildman–Crippen MR) is 69.8 cm³/mol. The van der Waals surface area contributed by atoms with Crippen LogP contribution >= 0.6 is 11.3 Å². The van der Waals surface area contributed by atoms with Crippen molar-refractivity contribution in [3.63, 3.8) is 0 Å². The molecule has 0 saturated carbocycles. The van der Waals surface area contributed by atoms with Crippen LogP contribution in [0.5, 0.6) is 0 Å². The summed E-state index contributed by atoms with van der Waals surface area (Å²) in [6, 6.07) is 8.74. The van der Waals surface area contributed by atoms with Crippen LogP contribution in [-0.4, -0.2) is 0 Å². The number of benzene rings is 1. The van der Waals surface area contributed by atoms with Gasteiger partial charge in [-0.2, -0.15) is 0 Å². The van der Waals surface area contributed by atoms with Gasteiger partial charge in [0.2, 0.25) is 0 Å². The van der Waals surface area contributed by atoms with E-state index < -0.39 is 0 Å². The molecule has 2 rings (SSSR count). The molecule has 0 aliphatic rings. The Kier molecular flexibility index (Phi) is 2.83. The first-order valence-electron chi connectivity index (χ1n) is 5.68. The molecule has 2 aromatic rings. The smallest absolute Gasteiger partial charge is 0.0345 e. The monoisotopic (exact) mass is 218 g/mol. The summed E-state index contributed by atoms with van der Waals surface area (Å²) >= 11 is 1.87. The van der Waals surface area contributed by atoms with Gasteiger partial charge in [-0.05, 0) is 40.7 Å². The van der Waals surface area contributed by atoms with Gasteiger partial charge in [-0.25, -0.2) is 0 Å². The van der Waals surface area contributed by atoms with Crippen LogP contribution in [0, 0.1) is 0 Å². The summed E-state index contributed by atoms with van der Waals surface area (Å²) < 4.78 is 1.42. The maximum atomic E-state index is 2.38. The van der Waals surface area contributed by atoms with Crippen LogP contribution in [0.15, 0.2) is 29.6 Å². The molecule has 0 nitrogen and oxygen atoms in total. The number of thiophene rings is 1. The molecular formula is C14H18S. The van der Waals surface area contributed by atoms with Crippen molar-refractivity contribution < 1.29 is 0 Å². The zero-order valence-corrected chi connectivity index (χ0v) is 10.5. The Morgan fingerprint density at radius 1 is 1.13 bits per heavy atom. The molecule has 0 bridgehead atoms. The lowest BCUT2D eigenvalue weighted by molar-refractivity contribution is 0.444. The summed E-state index contributed by atoms with van der Waals surface area (Å²) in [6.45, 7) is 6.95. The van der Waals surface area contributed by atoms with Gasteiger partial charge in [-0.3, -0.25) is 0 Å². The Hall–Kier alpha value is -0.820. The molecule has 0 aliphatic heterocycles. The van der Waals surface area contributed by atoms with Gasteiger partial charge in [0.1, 0.15) is 0 Å². The molecule has 0 unspecified atom stereocenters. The lowest BCUT2D eigenvalue weighted by atomic mass is 9.78. The van der Waals surface area contributed by atoms with Crippen molar-refractivity contribution in [2.45, 2.75) is 39.0 Å². The van der Waals surface area contributed by atoms with Crippen molar-refractivity contribution in [3.05, 3.63) is 35.2 Å². The molecule has 1 heteroatoms. The number of rotatable bonds is 3. The van der Waals surface area contributed by atoms with Crippen molar-refractivity contribution in [2.24, 2.45) is 0 Å². The number of hydrogen-bond donors (Lipinski definition) is 0. The summed E-state index contributed by atoms with van der Waals surface area (Å²) in [5, 5.41) is 3.80. The number of hydrogen-bond acceptors (Lipinski definition) is 1. The van der Waals surface area contributed by atoms with Gasteiger partial charge in [0.05, 0.1) is 0 Å². The Balaban J connectivity index is 2.61. The van der Waals surface area contributed by atoms with Crippen molar-refractivity contribution in [1.29, 1.82) is 0 Å². The predicted octanol–water partition coefficient (Wildman–Crippen LogP) is 4.98. The van der Waals surface area contributed by atoms with Gasteiger partial charge in [-0.15, -0.1) is 11.3 Å². The summed E-state index contributed by atoms with van der Waals surface area (Å²) in [6.07, 6.45) is 2.43. The fourth-order valence-electron chi connectivity index (χ4n) is 2.08. The van der Waals surface area contributed by atoms with E-state index in [9.17, 15) is 0 Å². The lowest BCUT2D eigenvalue weighted by Crippen LogP contribution is -2.18. The first kappa shape index (κ1) is 10.7. The third-order valence-electron chi connectivity index (χ3n) is 3.69. The molecule has 1 aromatic heterocycles. The third kappa shape index (κ3) is 1.69. The van der Waals surface area contributed by atoms with Crippen molar-refractivity contribution >= 4 is 21.4 Å². The highest BCUT2D eigenvalue weighted by Crippen LogP contribution is 2.38. The maximum absolute atomic E-state index is 2.38. The summed E-state index contributed by atoms with van der Waals surface area (Å²) in [7, 11) is 0. The molecule has 0 atom stereocenters. The highest BCUT2D eigenvalue weighted by molar-refractivity contribution is 7.17. The van der Waals surface area contributed by atoms with Gasteiger partial charge < -0.3 is 0 Å². The molecule has 1 heterocycles. The van der Waals surface area contributed by atoms with Crippen LogP contribution in [0.4, 0.5) is 0 Å². The standard InChI is InChI=1S/C14H18S/c1-4-14(3,5-2)12-10-15-13-9-7-6-8-11(12)13/h6-10H,4-5H2,1-3H3. The van der Waals surface area contributed by atoms with E-state index >= 15 is 0 Å². The quantitative estimate of drug-likeness (QED) is 0.681. The van der Waals surface area contributed by atoms with E-state index in [0.29, 0.717) is 5.41 Å². The SMILES string of the molecule is CCC(C)(CC)c1csc2ccccc12. The molecule has 80 valence electrons. The van der Waals surface area contributed by atoms with E-state index in [1.165, 1.54) is 28.5 Å². The fourth-order valence-corrected chi connectivity index (χ4v) is 3.19. The molecule has 0 spiro atoms. The summed E-state index contributed by atoms with van der Waals surface area (Å²) in [5.41, 5.74) is 1.88. The van der Waals surface area contributed by atoms with Crippen LogP contribution in [0.1, 0.15) is 39.2 Å². The normalized spacial score (nSPS) is 12.2. The fraction of sp³-hybridized carbons (Fsp3) is 0.429. The Morgan fingerprint density at radius 2 is 1.80 bits per heavy atom. The van der Waals surface area contributed by atoms with E-state index in [4.69, 9.17) is 0 Å². The summed E-state index contributed by atoms with van der Waals surface area (Å²) in [5.74, 6) is 0. The van der Waals surface area contributed by atoms with Crippen molar-refractivity contribution in [3.8, 4) is 0 Å². The topological polar surface area (TPSA) is 0 Å². The van der Waals surface area contributed by atoms with E-state index in [-0.39, 0.29) is 0 Å². The van der Waals surface area contributed by atoms with Gasteiger partial charge in [0.25, 0.3) is 0 Å². The van der Waals surface area contributed by atoms with Gasteiger partial charge >= 0.3 is 0 Å². The second-order valence-electron chi connectivity index (χ2n) is 4.41. The van der Waals surface area contributed by atoms with Crippen LogP contribution in [0.3, 0.4) is 0 Å². The lowest BCUT2D eigenvalue weighted by Gasteiger charge is -2.26. The minimum absolute atomic E-state index is 0.347. The maximum Gasteiger partial charge on any atom is 0.0345 e.